The van der Waals surface area contributed by atoms with E-state index in [4.69, 9.17) is 0 Å². The summed E-state index contributed by atoms with van der Waals surface area (Å²) in [7, 11) is 0. The van der Waals surface area contributed by atoms with Gasteiger partial charge < -0.3 is 10.2 Å². The van der Waals surface area contributed by atoms with Gasteiger partial charge in [-0.1, -0.05) is 20.3 Å². The van der Waals surface area contributed by atoms with Crippen LogP contribution in [0.1, 0.15) is 32.3 Å². The molecular formula is C16H25FN2. The molecule has 0 aliphatic carbocycles. The van der Waals surface area contributed by atoms with E-state index in [-0.39, 0.29) is 5.82 Å². The van der Waals surface area contributed by atoms with E-state index < -0.39 is 0 Å². The molecule has 0 radical (unpaired) electrons. The lowest BCUT2D eigenvalue weighted by Crippen LogP contribution is -2.42. The molecule has 0 amide bonds. The van der Waals surface area contributed by atoms with Gasteiger partial charge in [0.15, 0.2) is 0 Å². The molecule has 1 aliphatic heterocycles. The zero-order chi connectivity index (χ0) is 13.8. The van der Waals surface area contributed by atoms with Gasteiger partial charge in [0.1, 0.15) is 5.82 Å². The Hall–Kier alpha value is -1.09. The Kier molecular flexibility index (Phi) is 4.81. The molecule has 1 aromatic rings. The Morgan fingerprint density at radius 3 is 2.95 bits per heavy atom. The molecular weight excluding hydrogens is 239 g/mol. The van der Waals surface area contributed by atoms with Crippen molar-refractivity contribution in [1.29, 1.82) is 0 Å². The van der Waals surface area contributed by atoms with Crippen molar-refractivity contribution in [3.63, 3.8) is 0 Å². The van der Waals surface area contributed by atoms with Gasteiger partial charge in [-0.15, -0.1) is 0 Å². The third-order valence-electron chi connectivity index (χ3n) is 4.27. The fourth-order valence-electron chi connectivity index (χ4n) is 2.68. The largest absolute Gasteiger partial charge is 0.370 e. The SMILES string of the molecule is CCC(C)C1CN(c2ccc(F)c(C)c2)CCCN1. The third kappa shape index (κ3) is 3.47. The van der Waals surface area contributed by atoms with Crippen LogP contribution in [0.2, 0.25) is 0 Å². The van der Waals surface area contributed by atoms with Crippen LogP contribution < -0.4 is 10.2 Å². The molecule has 1 saturated heterocycles. The Labute approximate surface area is 116 Å². The molecule has 3 heteroatoms. The van der Waals surface area contributed by atoms with Crippen molar-refractivity contribution >= 4 is 5.69 Å². The molecule has 106 valence electrons. The Balaban J connectivity index is 2.15. The lowest BCUT2D eigenvalue weighted by molar-refractivity contribution is 0.384. The van der Waals surface area contributed by atoms with Crippen LogP contribution in [0.5, 0.6) is 0 Å². The summed E-state index contributed by atoms with van der Waals surface area (Å²) in [5.41, 5.74) is 1.88. The number of nitrogens with zero attached hydrogens (tertiary/aromatic N) is 1. The van der Waals surface area contributed by atoms with E-state index >= 15 is 0 Å². The summed E-state index contributed by atoms with van der Waals surface area (Å²) >= 11 is 0. The monoisotopic (exact) mass is 264 g/mol. The number of rotatable bonds is 3. The van der Waals surface area contributed by atoms with Gasteiger partial charge in [-0.05, 0) is 49.6 Å². The van der Waals surface area contributed by atoms with Crippen molar-refractivity contribution in [1.82, 2.24) is 5.32 Å². The Bertz CT molecular complexity index is 419. The van der Waals surface area contributed by atoms with Crippen LogP contribution in [-0.2, 0) is 0 Å². The van der Waals surface area contributed by atoms with Crippen LogP contribution in [0, 0.1) is 18.7 Å². The smallest absolute Gasteiger partial charge is 0.126 e. The first kappa shape index (κ1) is 14.3. The van der Waals surface area contributed by atoms with Gasteiger partial charge in [-0.2, -0.15) is 0 Å². The standard InChI is InChI=1S/C16H25FN2/c1-4-12(2)16-11-19(9-5-8-18-16)14-6-7-15(17)13(3)10-14/h6-7,10,12,16,18H,4-5,8-9,11H2,1-3H3. The van der Waals surface area contributed by atoms with E-state index in [9.17, 15) is 4.39 Å². The second kappa shape index (κ2) is 6.38. The average molecular weight is 264 g/mol. The van der Waals surface area contributed by atoms with Crippen LogP contribution in [0.3, 0.4) is 0 Å². The molecule has 1 aromatic carbocycles. The fourth-order valence-corrected chi connectivity index (χ4v) is 2.68. The first-order chi connectivity index (χ1) is 9.11. The number of hydrogen-bond donors (Lipinski definition) is 1. The quantitative estimate of drug-likeness (QED) is 0.900. The summed E-state index contributed by atoms with van der Waals surface area (Å²) < 4.78 is 13.4. The molecule has 1 N–H and O–H groups in total. The highest BCUT2D eigenvalue weighted by Crippen LogP contribution is 2.22. The fraction of sp³-hybridized carbons (Fsp3) is 0.625. The number of anilines is 1. The maximum atomic E-state index is 13.4. The van der Waals surface area contributed by atoms with Crippen LogP contribution in [0.25, 0.3) is 0 Å². The highest BCUT2D eigenvalue weighted by atomic mass is 19.1. The Morgan fingerprint density at radius 2 is 2.26 bits per heavy atom. The second-order valence-corrected chi connectivity index (χ2v) is 5.68. The number of halogens is 1. The van der Waals surface area contributed by atoms with Gasteiger partial charge in [0.2, 0.25) is 0 Å². The molecule has 0 saturated carbocycles. The highest BCUT2D eigenvalue weighted by molar-refractivity contribution is 5.49. The van der Waals surface area contributed by atoms with Crippen molar-refractivity contribution < 1.29 is 4.39 Å². The summed E-state index contributed by atoms with van der Waals surface area (Å²) in [6, 6.07) is 5.98. The van der Waals surface area contributed by atoms with E-state index in [0.717, 1.165) is 37.3 Å². The average Bonchev–Trinajstić information content (AvgIpc) is 2.67. The van der Waals surface area contributed by atoms with Gasteiger partial charge in [0.05, 0.1) is 0 Å². The minimum atomic E-state index is -0.116. The minimum Gasteiger partial charge on any atom is -0.370 e. The van der Waals surface area contributed by atoms with E-state index in [1.54, 1.807) is 6.07 Å². The molecule has 2 rings (SSSR count). The zero-order valence-electron chi connectivity index (χ0n) is 12.2. The third-order valence-corrected chi connectivity index (χ3v) is 4.27. The van der Waals surface area contributed by atoms with E-state index in [1.807, 2.05) is 19.1 Å². The predicted octanol–water partition coefficient (Wildman–Crippen LogP) is 3.35. The van der Waals surface area contributed by atoms with Crippen molar-refractivity contribution in [3.05, 3.63) is 29.6 Å². The molecule has 0 bridgehead atoms. The molecule has 1 fully saturated rings. The van der Waals surface area contributed by atoms with E-state index in [0.29, 0.717) is 12.0 Å². The Morgan fingerprint density at radius 1 is 1.47 bits per heavy atom. The predicted molar refractivity (Wildman–Crippen MR) is 79.2 cm³/mol. The molecule has 2 unspecified atom stereocenters. The number of nitrogens with one attached hydrogen (secondary N) is 1. The number of benzene rings is 1. The molecule has 1 heterocycles. The normalized spacial score (nSPS) is 22.1. The summed E-state index contributed by atoms with van der Waals surface area (Å²) in [5, 5.41) is 3.64. The first-order valence-corrected chi connectivity index (χ1v) is 7.36. The van der Waals surface area contributed by atoms with Crippen LogP contribution in [-0.4, -0.2) is 25.7 Å². The highest BCUT2D eigenvalue weighted by Gasteiger charge is 2.22. The molecule has 0 spiro atoms. The van der Waals surface area contributed by atoms with Crippen molar-refractivity contribution in [2.75, 3.05) is 24.5 Å². The van der Waals surface area contributed by atoms with Crippen molar-refractivity contribution in [3.8, 4) is 0 Å². The molecule has 2 atom stereocenters. The van der Waals surface area contributed by atoms with Gasteiger partial charge in [0.25, 0.3) is 0 Å². The maximum Gasteiger partial charge on any atom is 0.126 e. The summed E-state index contributed by atoms with van der Waals surface area (Å²) in [6.45, 7) is 9.51. The topological polar surface area (TPSA) is 15.3 Å². The summed E-state index contributed by atoms with van der Waals surface area (Å²) in [4.78, 5) is 2.39. The van der Waals surface area contributed by atoms with Crippen LogP contribution >= 0.6 is 0 Å². The number of hydrogen-bond acceptors (Lipinski definition) is 2. The zero-order valence-corrected chi connectivity index (χ0v) is 12.2. The second-order valence-electron chi connectivity index (χ2n) is 5.68. The van der Waals surface area contributed by atoms with Gasteiger partial charge in [-0.3, -0.25) is 0 Å². The van der Waals surface area contributed by atoms with Crippen molar-refractivity contribution in [2.24, 2.45) is 5.92 Å². The van der Waals surface area contributed by atoms with Gasteiger partial charge in [0, 0.05) is 24.8 Å². The first-order valence-electron chi connectivity index (χ1n) is 7.36. The summed E-state index contributed by atoms with van der Waals surface area (Å²) in [5.74, 6) is 0.553. The minimum absolute atomic E-state index is 0.116. The molecule has 1 aliphatic rings. The van der Waals surface area contributed by atoms with E-state index in [2.05, 4.69) is 24.1 Å². The molecule has 19 heavy (non-hydrogen) atoms. The molecule has 0 aromatic heterocycles. The molecule has 2 nitrogen and oxygen atoms in total. The lowest BCUT2D eigenvalue weighted by atomic mass is 9.98. The maximum absolute atomic E-state index is 13.4. The van der Waals surface area contributed by atoms with Crippen molar-refractivity contribution in [2.45, 2.75) is 39.7 Å². The van der Waals surface area contributed by atoms with Crippen LogP contribution in [0.4, 0.5) is 10.1 Å². The van der Waals surface area contributed by atoms with Gasteiger partial charge in [-0.25, -0.2) is 4.39 Å². The van der Waals surface area contributed by atoms with E-state index in [1.165, 1.54) is 6.42 Å². The number of aryl methyl sites for hydroxylation is 1. The lowest BCUT2D eigenvalue weighted by Gasteiger charge is -2.29. The van der Waals surface area contributed by atoms with Gasteiger partial charge >= 0.3 is 0 Å². The summed E-state index contributed by atoms with van der Waals surface area (Å²) in [6.07, 6.45) is 2.33. The van der Waals surface area contributed by atoms with Crippen LogP contribution in [0.15, 0.2) is 18.2 Å².